The minimum absolute atomic E-state index is 0.128. The van der Waals surface area contributed by atoms with Gasteiger partial charge < -0.3 is 10.4 Å². The van der Waals surface area contributed by atoms with E-state index in [1.807, 2.05) is 0 Å². The van der Waals surface area contributed by atoms with Gasteiger partial charge in [-0.3, -0.25) is 0 Å². The summed E-state index contributed by atoms with van der Waals surface area (Å²) in [6, 6.07) is 1.31. The summed E-state index contributed by atoms with van der Waals surface area (Å²) >= 11 is 5.51. The molecule has 0 saturated carbocycles. The minimum atomic E-state index is -0.581. The van der Waals surface area contributed by atoms with Crippen LogP contribution >= 0.6 is 11.6 Å². The number of nitrogens with one attached hydrogen (secondary N) is 1. The Balaban J connectivity index is 2.67. The number of fused-ring (bicyclic) bond motifs is 1. The first kappa shape index (κ1) is 7.68. The van der Waals surface area contributed by atoms with E-state index < -0.39 is 5.82 Å². The lowest BCUT2D eigenvalue weighted by atomic mass is 10.1. The van der Waals surface area contributed by atoms with Gasteiger partial charge in [0.25, 0.3) is 0 Å². The Hall–Kier alpha value is -0.960. The van der Waals surface area contributed by atoms with Crippen molar-refractivity contribution in [3.63, 3.8) is 0 Å². The van der Waals surface area contributed by atoms with Crippen LogP contribution in [0.1, 0.15) is 5.56 Å². The van der Waals surface area contributed by atoms with Gasteiger partial charge in [-0.25, -0.2) is 4.39 Å². The molecule has 0 aromatic heterocycles. The molecule has 1 heterocycles. The molecule has 1 aromatic rings. The van der Waals surface area contributed by atoms with Crippen molar-refractivity contribution in [2.24, 2.45) is 0 Å². The topological polar surface area (TPSA) is 32.3 Å². The zero-order valence-corrected chi connectivity index (χ0v) is 6.95. The molecule has 4 heteroatoms. The lowest BCUT2D eigenvalue weighted by molar-refractivity contribution is 0.464. The molecule has 64 valence electrons. The molecular weight excluding hydrogens is 181 g/mol. The van der Waals surface area contributed by atoms with Gasteiger partial charge in [-0.15, -0.1) is 0 Å². The summed E-state index contributed by atoms with van der Waals surface area (Å²) in [5.74, 6) is -0.709. The third-order valence-corrected chi connectivity index (χ3v) is 2.35. The number of phenols is 1. The van der Waals surface area contributed by atoms with Gasteiger partial charge in [-0.1, -0.05) is 11.6 Å². The van der Waals surface area contributed by atoms with E-state index >= 15 is 0 Å². The Morgan fingerprint density at radius 2 is 2.33 bits per heavy atom. The summed E-state index contributed by atoms with van der Waals surface area (Å²) in [6.07, 6.45) is 0.696. The molecule has 2 N–H and O–H groups in total. The van der Waals surface area contributed by atoms with Crippen LogP contribution in [0.4, 0.5) is 10.1 Å². The SMILES string of the molecule is Oc1c(Cl)c(F)cc2c1CCN2. The first-order chi connectivity index (χ1) is 5.70. The van der Waals surface area contributed by atoms with E-state index in [0.717, 1.165) is 6.54 Å². The maximum atomic E-state index is 12.9. The molecule has 0 spiro atoms. The molecule has 1 aliphatic rings. The van der Waals surface area contributed by atoms with Gasteiger partial charge in [0.1, 0.15) is 16.6 Å². The first-order valence-electron chi connectivity index (χ1n) is 3.64. The van der Waals surface area contributed by atoms with Crippen molar-refractivity contribution < 1.29 is 9.50 Å². The highest BCUT2D eigenvalue weighted by Crippen LogP contribution is 2.38. The Bertz CT molecular complexity index is 340. The average Bonchev–Trinajstić information content (AvgIpc) is 2.48. The second kappa shape index (κ2) is 2.52. The van der Waals surface area contributed by atoms with Gasteiger partial charge in [0.2, 0.25) is 0 Å². The van der Waals surface area contributed by atoms with Crippen LogP contribution in [-0.4, -0.2) is 11.7 Å². The quantitative estimate of drug-likeness (QED) is 0.653. The van der Waals surface area contributed by atoms with Crippen molar-refractivity contribution in [2.75, 3.05) is 11.9 Å². The van der Waals surface area contributed by atoms with Gasteiger partial charge in [-0.2, -0.15) is 0 Å². The van der Waals surface area contributed by atoms with E-state index in [1.54, 1.807) is 0 Å². The van der Waals surface area contributed by atoms with E-state index in [-0.39, 0.29) is 10.8 Å². The average molecular weight is 188 g/mol. The highest BCUT2D eigenvalue weighted by molar-refractivity contribution is 6.32. The molecule has 0 amide bonds. The molecule has 1 aromatic carbocycles. The molecule has 0 saturated heterocycles. The fourth-order valence-corrected chi connectivity index (χ4v) is 1.55. The van der Waals surface area contributed by atoms with Crippen molar-refractivity contribution >= 4 is 17.3 Å². The zero-order chi connectivity index (χ0) is 8.72. The number of aromatic hydroxyl groups is 1. The normalized spacial score (nSPS) is 14.2. The van der Waals surface area contributed by atoms with E-state index in [0.29, 0.717) is 17.7 Å². The van der Waals surface area contributed by atoms with Crippen molar-refractivity contribution in [1.29, 1.82) is 0 Å². The lowest BCUT2D eigenvalue weighted by Crippen LogP contribution is -1.91. The Morgan fingerprint density at radius 3 is 3.08 bits per heavy atom. The fourth-order valence-electron chi connectivity index (χ4n) is 1.38. The molecule has 0 unspecified atom stereocenters. The molecule has 0 radical (unpaired) electrons. The first-order valence-corrected chi connectivity index (χ1v) is 4.01. The van der Waals surface area contributed by atoms with Crippen LogP contribution < -0.4 is 5.32 Å². The Labute approximate surface area is 74.0 Å². The van der Waals surface area contributed by atoms with Crippen LogP contribution in [0.15, 0.2) is 6.07 Å². The smallest absolute Gasteiger partial charge is 0.147 e. The van der Waals surface area contributed by atoms with Crippen LogP contribution in [0.25, 0.3) is 0 Å². The summed E-state index contributed by atoms with van der Waals surface area (Å²) < 4.78 is 12.9. The molecule has 0 bridgehead atoms. The number of hydrogen-bond donors (Lipinski definition) is 2. The van der Waals surface area contributed by atoms with Crippen LogP contribution in [0, 0.1) is 5.82 Å². The maximum absolute atomic E-state index is 12.9. The second-order valence-electron chi connectivity index (χ2n) is 2.72. The third-order valence-electron chi connectivity index (χ3n) is 1.99. The highest BCUT2D eigenvalue weighted by atomic mass is 35.5. The number of anilines is 1. The van der Waals surface area contributed by atoms with Gasteiger partial charge in [0.05, 0.1) is 0 Å². The van der Waals surface area contributed by atoms with E-state index in [2.05, 4.69) is 5.32 Å². The lowest BCUT2D eigenvalue weighted by Gasteiger charge is -2.04. The molecule has 12 heavy (non-hydrogen) atoms. The molecular formula is C8H7ClFNO. The van der Waals surface area contributed by atoms with E-state index in [4.69, 9.17) is 11.6 Å². The Kier molecular flexibility index (Phi) is 1.61. The van der Waals surface area contributed by atoms with E-state index in [1.165, 1.54) is 6.07 Å². The molecule has 0 aliphatic carbocycles. The molecule has 2 nitrogen and oxygen atoms in total. The summed E-state index contributed by atoms with van der Waals surface area (Å²) in [5, 5.41) is 12.2. The minimum Gasteiger partial charge on any atom is -0.506 e. The second-order valence-corrected chi connectivity index (χ2v) is 3.10. The van der Waals surface area contributed by atoms with Crippen molar-refractivity contribution in [2.45, 2.75) is 6.42 Å². The standard InChI is InChI=1S/C8H7ClFNO/c9-7-5(10)3-6-4(8(7)12)1-2-11-6/h3,11-12H,1-2H2. The van der Waals surface area contributed by atoms with Gasteiger partial charge in [0, 0.05) is 17.8 Å². The summed E-state index contributed by atoms with van der Waals surface area (Å²) in [5.41, 5.74) is 1.36. The molecule has 0 atom stereocenters. The summed E-state index contributed by atoms with van der Waals surface area (Å²) in [4.78, 5) is 0. The van der Waals surface area contributed by atoms with Crippen LogP contribution in [-0.2, 0) is 6.42 Å². The van der Waals surface area contributed by atoms with Crippen LogP contribution in [0.2, 0.25) is 5.02 Å². The molecule has 2 rings (SSSR count). The summed E-state index contributed by atoms with van der Waals surface area (Å²) in [7, 11) is 0. The van der Waals surface area contributed by atoms with Gasteiger partial charge in [0.15, 0.2) is 0 Å². The number of benzene rings is 1. The predicted octanol–water partition coefficient (Wildman–Crippen LogP) is 2.15. The van der Waals surface area contributed by atoms with Crippen LogP contribution in [0.3, 0.4) is 0 Å². The number of hydrogen-bond acceptors (Lipinski definition) is 2. The Morgan fingerprint density at radius 1 is 1.58 bits per heavy atom. The van der Waals surface area contributed by atoms with Crippen LogP contribution in [0.5, 0.6) is 5.75 Å². The highest BCUT2D eigenvalue weighted by Gasteiger charge is 2.19. The monoisotopic (exact) mass is 187 g/mol. The van der Waals surface area contributed by atoms with Gasteiger partial charge >= 0.3 is 0 Å². The third kappa shape index (κ3) is 0.932. The molecule has 0 fully saturated rings. The fraction of sp³-hybridized carbons (Fsp3) is 0.250. The number of halogens is 2. The van der Waals surface area contributed by atoms with Gasteiger partial charge in [-0.05, 0) is 12.5 Å². The maximum Gasteiger partial charge on any atom is 0.147 e. The van der Waals surface area contributed by atoms with Crippen molar-refractivity contribution in [1.82, 2.24) is 0 Å². The number of phenolic OH excluding ortho intramolecular Hbond substituents is 1. The van der Waals surface area contributed by atoms with Crippen molar-refractivity contribution in [3.05, 3.63) is 22.5 Å². The molecule has 1 aliphatic heterocycles. The number of rotatable bonds is 0. The van der Waals surface area contributed by atoms with E-state index in [9.17, 15) is 9.50 Å². The summed E-state index contributed by atoms with van der Waals surface area (Å²) in [6.45, 7) is 0.725. The zero-order valence-electron chi connectivity index (χ0n) is 6.19. The predicted molar refractivity (Wildman–Crippen MR) is 45.3 cm³/mol. The van der Waals surface area contributed by atoms with Crippen molar-refractivity contribution in [3.8, 4) is 5.75 Å². The largest absolute Gasteiger partial charge is 0.506 e.